The van der Waals surface area contributed by atoms with Crippen molar-refractivity contribution in [2.45, 2.75) is 34.6 Å². The molecular formula is C13H24N4. The van der Waals surface area contributed by atoms with Gasteiger partial charge in [-0.25, -0.2) is 4.98 Å². The predicted molar refractivity (Wildman–Crippen MR) is 73.9 cm³/mol. The zero-order valence-corrected chi connectivity index (χ0v) is 11.7. The zero-order valence-electron chi connectivity index (χ0n) is 11.7. The first-order valence-electron chi connectivity index (χ1n) is 6.51. The molecule has 0 saturated carbocycles. The maximum absolute atomic E-state index is 4.66. The second-order valence-corrected chi connectivity index (χ2v) is 4.01. The molecule has 0 spiro atoms. The van der Waals surface area contributed by atoms with Crippen molar-refractivity contribution in [2.75, 3.05) is 36.0 Å². The van der Waals surface area contributed by atoms with Gasteiger partial charge in [-0.05, 0) is 34.6 Å². The third-order valence-electron chi connectivity index (χ3n) is 2.96. The highest BCUT2D eigenvalue weighted by molar-refractivity contribution is 5.45. The van der Waals surface area contributed by atoms with Gasteiger partial charge in [0.2, 0.25) is 5.95 Å². The van der Waals surface area contributed by atoms with Crippen molar-refractivity contribution < 1.29 is 0 Å². The minimum atomic E-state index is 0.844. The third-order valence-corrected chi connectivity index (χ3v) is 2.96. The Kier molecular flexibility index (Phi) is 5.19. The number of aryl methyl sites for hydroxylation is 1. The first kappa shape index (κ1) is 13.7. The summed E-state index contributed by atoms with van der Waals surface area (Å²) in [6, 6.07) is 2.06. The monoisotopic (exact) mass is 236 g/mol. The van der Waals surface area contributed by atoms with Crippen LogP contribution >= 0.6 is 0 Å². The van der Waals surface area contributed by atoms with Crippen LogP contribution in [0.15, 0.2) is 6.07 Å². The second-order valence-electron chi connectivity index (χ2n) is 4.01. The Balaban J connectivity index is 3.08. The molecule has 0 aliphatic rings. The topological polar surface area (TPSA) is 32.3 Å². The van der Waals surface area contributed by atoms with E-state index in [1.807, 2.05) is 6.92 Å². The van der Waals surface area contributed by atoms with Gasteiger partial charge in [0.1, 0.15) is 5.82 Å². The van der Waals surface area contributed by atoms with Crippen molar-refractivity contribution in [3.05, 3.63) is 11.8 Å². The molecule has 0 aliphatic heterocycles. The lowest BCUT2D eigenvalue weighted by atomic mass is 10.4. The quantitative estimate of drug-likeness (QED) is 0.759. The standard InChI is InChI=1S/C13H24N4/c1-6-16(7-2)12-10-11(5)14-13(15-12)17(8-3)9-4/h10H,6-9H2,1-5H3. The summed E-state index contributed by atoms with van der Waals surface area (Å²) in [5.41, 5.74) is 1.03. The molecule has 1 aromatic rings. The van der Waals surface area contributed by atoms with Gasteiger partial charge in [-0.3, -0.25) is 0 Å². The Bertz CT molecular complexity index is 313. The van der Waals surface area contributed by atoms with Crippen molar-refractivity contribution in [3.63, 3.8) is 0 Å². The summed E-state index contributed by atoms with van der Waals surface area (Å²) in [5, 5.41) is 0. The molecule has 4 nitrogen and oxygen atoms in total. The van der Waals surface area contributed by atoms with E-state index in [-0.39, 0.29) is 0 Å². The Hall–Kier alpha value is -1.32. The molecule has 4 heteroatoms. The maximum atomic E-state index is 4.66. The summed E-state index contributed by atoms with van der Waals surface area (Å²) < 4.78 is 0. The first-order chi connectivity index (χ1) is 8.15. The maximum Gasteiger partial charge on any atom is 0.227 e. The lowest BCUT2D eigenvalue weighted by molar-refractivity contribution is 0.794. The molecular weight excluding hydrogens is 212 g/mol. The molecule has 0 amide bonds. The molecule has 0 bridgehead atoms. The molecule has 96 valence electrons. The van der Waals surface area contributed by atoms with Gasteiger partial charge >= 0.3 is 0 Å². The van der Waals surface area contributed by atoms with Crippen molar-refractivity contribution in [2.24, 2.45) is 0 Å². The van der Waals surface area contributed by atoms with E-state index < -0.39 is 0 Å². The summed E-state index contributed by atoms with van der Waals surface area (Å²) in [7, 11) is 0. The molecule has 17 heavy (non-hydrogen) atoms. The normalized spacial score (nSPS) is 10.4. The Morgan fingerprint density at radius 1 is 0.882 bits per heavy atom. The van der Waals surface area contributed by atoms with Crippen LogP contribution in [0.25, 0.3) is 0 Å². The summed E-state index contributed by atoms with van der Waals surface area (Å²) in [6.07, 6.45) is 0. The molecule has 0 aliphatic carbocycles. The van der Waals surface area contributed by atoms with Gasteiger partial charge in [-0.1, -0.05) is 0 Å². The van der Waals surface area contributed by atoms with Crippen LogP contribution in [0.3, 0.4) is 0 Å². The molecule has 0 unspecified atom stereocenters. The van der Waals surface area contributed by atoms with Gasteiger partial charge in [0.25, 0.3) is 0 Å². The summed E-state index contributed by atoms with van der Waals surface area (Å²) in [4.78, 5) is 13.6. The number of hydrogen-bond donors (Lipinski definition) is 0. The second kappa shape index (κ2) is 6.42. The van der Waals surface area contributed by atoms with Gasteiger partial charge in [-0.15, -0.1) is 0 Å². The number of anilines is 2. The van der Waals surface area contributed by atoms with Gasteiger partial charge in [0, 0.05) is 37.9 Å². The molecule has 0 aromatic carbocycles. The van der Waals surface area contributed by atoms with E-state index in [0.29, 0.717) is 0 Å². The van der Waals surface area contributed by atoms with Crippen LogP contribution in [0.1, 0.15) is 33.4 Å². The van der Waals surface area contributed by atoms with Crippen LogP contribution in [-0.4, -0.2) is 36.1 Å². The highest BCUT2D eigenvalue weighted by atomic mass is 15.3. The molecule has 1 rings (SSSR count). The predicted octanol–water partition coefficient (Wildman–Crippen LogP) is 2.48. The third kappa shape index (κ3) is 3.32. The van der Waals surface area contributed by atoms with Gasteiger partial charge in [0.15, 0.2) is 0 Å². The molecule has 1 aromatic heterocycles. The molecule has 0 fully saturated rings. The van der Waals surface area contributed by atoms with E-state index in [4.69, 9.17) is 0 Å². The van der Waals surface area contributed by atoms with Crippen LogP contribution in [0.4, 0.5) is 11.8 Å². The first-order valence-corrected chi connectivity index (χ1v) is 6.51. The minimum absolute atomic E-state index is 0.844. The summed E-state index contributed by atoms with van der Waals surface area (Å²) in [5.74, 6) is 1.88. The summed E-state index contributed by atoms with van der Waals surface area (Å²) in [6.45, 7) is 14.4. The van der Waals surface area contributed by atoms with E-state index in [0.717, 1.165) is 43.6 Å². The number of nitrogens with zero attached hydrogens (tertiary/aromatic N) is 4. The molecule has 0 saturated heterocycles. The van der Waals surface area contributed by atoms with Crippen molar-refractivity contribution >= 4 is 11.8 Å². The van der Waals surface area contributed by atoms with Crippen molar-refractivity contribution in [3.8, 4) is 0 Å². The molecule has 0 N–H and O–H groups in total. The van der Waals surface area contributed by atoms with Crippen LogP contribution in [0, 0.1) is 6.92 Å². The van der Waals surface area contributed by atoms with Gasteiger partial charge in [0.05, 0.1) is 0 Å². The number of hydrogen-bond acceptors (Lipinski definition) is 4. The Morgan fingerprint density at radius 2 is 1.41 bits per heavy atom. The Morgan fingerprint density at radius 3 is 1.88 bits per heavy atom. The average Bonchev–Trinajstić information content (AvgIpc) is 2.31. The molecule has 1 heterocycles. The van der Waals surface area contributed by atoms with Crippen molar-refractivity contribution in [1.29, 1.82) is 0 Å². The van der Waals surface area contributed by atoms with Crippen LogP contribution in [0.2, 0.25) is 0 Å². The van der Waals surface area contributed by atoms with E-state index in [9.17, 15) is 0 Å². The van der Waals surface area contributed by atoms with Crippen LogP contribution in [0.5, 0.6) is 0 Å². The lowest BCUT2D eigenvalue weighted by Crippen LogP contribution is -2.27. The highest BCUT2D eigenvalue weighted by Gasteiger charge is 2.10. The van der Waals surface area contributed by atoms with E-state index in [2.05, 4.69) is 53.5 Å². The zero-order chi connectivity index (χ0) is 12.8. The minimum Gasteiger partial charge on any atom is -0.357 e. The van der Waals surface area contributed by atoms with E-state index in [1.54, 1.807) is 0 Å². The lowest BCUT2D eigenvalue weighted by Gasteiger charge is -2.24. The molecule has 0 atom stereocenters. The number of aromatic nitrogens is 2. The Labute approximate surface area is 105 Å². The van der Waals surface area contributed by atoms with Crippen molar-refractivity contribution in [1.82, 2.24) is 9.97 Å². The molecule has 0 radical (unpaired) electrons. The largest absolute Gasteiger partial charge is 0.357 e. The fourth-order valence-electron chi connectivity index (χ4n) is 1.89. The highest BCUT2D eigenvalue weighted by Crippen LogP contribution is 2.16. The van der Waals surface area contributed by atoms with Crippen LogP contribution in [-0.2, 0) is 0 Å². The fraction of sp³-hybridized carbons (Fsp3) is 0.692. The SMILES string of the molecule is CCN(CC)c1cc(C)nc(N(CC)CC)n1. The van der Waals surface area contributed by atoms with E-state index in [1.165, 1.54) is 0 Å². The van der Waals surface area contributed by atoms with Gasteiger partial charge < -0.3 is 9.80 Å². The smallest absolute Gasteiger partial charge is 0.227 e. The average molecular weight is 236 g/mol. The number of rotatable bonds is 6. The fourth-order valence-corrected chi connectivity index (χ4v) is 1.89. The van der Waals surface area contributed by atoms with Gasteiger partial charge in [-0.2, -0.15) is 4.98 Å². The van der Waals surface area contributed by atoms with E-state index >= 15 is 0 Å². The summed E-state index contributed by atoms with van der Waals surface area (Å²) >= 11 is 0. The van der Waals surface area contributed by atoms with Crippen LogP contribution < -0.4 is 9.80 Å².